The summed E-state index contributed by atoms with van der Waals surface area (Å²) < 4.78 is 4.68. The molecule has 3 fully saturated rings. The SMILES string of the molecule is C[C@H]1OC(O)[C@H](O)[C@@H](O)[C@@H]1O.C[C@]12CC[C@@H]3c4ccc(OO)cc4CC[C@H]3[C@@H]1CCC2=O. The molecule has 8 heteroatoms. The standard InChI is InChI=1S/C18H22O3.C6H12O5/c1-18-9-8-14-13-5-3-12(21-20)10-11(13)2-4-15(14)16(18)6-7-17(18)19;1-2-3(7)4(8)5(9)6(10)11-2/h3,5,10,14-16,20H,2,4,6-9H2,1H3;2-10H,1H3/t14-,15-,16+,18+;2-,3-,4+,5-,6?/m11/s1. The smallest absolute Gasteiger partial charge is 0.183 e. The van der Waals surface area contributed by atoms with E-state index in [1.807, 2.05) is 12.1 Å². The molecule has 1 aliphatic heterocycles. The fraction of sp³-hybridized carbons (Fsp3) is 0.708. The Morgan fingerprint density at radius 1 is 1.03 bits per heavy atom. The van der Waals surface area contributed by atoms with E-state index in [0.29, 0.717) is 29.3 Å². The quantitative estimate of drug-likeness (QED) is 0.323. The molecule has 4 aliphatic rings. The molecule has 3 aliphatic carbocycles. The molecule has 5 rings (SSSR count). The van der Waals surface area contributed by atoms with Crippen molar-refractivity contribution in [1.29, 1.82) is 0 Å². The number of ether oxygens (including phenoxy) is 1. The molecule has 1 aromatic rings. The maximum absolute atomic E-state index is 12.3. The van der Waals surface area contributed by atoms with Crippen LogP contribution in [0.2, 0.25) is 0 Å². The first kappa shape index (κ1) is 23.6. The van der Waals surface area contributed by atoms with Crippen LogP contribution >= 0.6 is 0 Å². The van der Waals surface area contributed by atoms with Crippen molar-refractivity contribution in [2.24, 2.45) is 17.3 Å². The summed E-state index contributed by atoms with van der Waals surface area (Å²) in [6, 6.07) is 5.95. The minimum atomic E-state index is -1.43. The van der Waals surface area contributed by atoms with Crippen molar-refractivity contribution >= 4 is 5.78 Å². The predicted molar refractivity (Wildman–Crippen MR) is 114 cm³/mol. The van der Waals surface area contributed by atoms with Gasteiger partial charge < -0.3 is 30.1 Å². The molecule has 9 atom stereocenters. The first-order chi connectivity index (χ1) is 15.2. The molecule has 0 amide bonds. The summed E-state index contributed by atoms with van der Waals surface area (Å²) in [5.41, 5.74) is 2.69. The van der Waals surface area contributed by atoms with Crippen molar-refractivity contribution in [3.63, 3.8) is 0 Å². The number of carbonyl (C=O) groups is 1. The van der Waals surface area contributed by atoms with E-state index in [9.17, 15) is 4.79 Å². The Labute approximate surface area is 187 Å². The molecular weight excluding hydrogens is 416 g/mol. The monoisotopic (exact) mass is 450 g/mol. The van der Waals surface area contributed by atoms with Gasteiger partial charge >= 0.3 is 0 Å². The van der Waals surface area contributed by atoms with E-state index >= 15 is 0 Å². The molecule has 2 saturated carbocycles. The minimum absolute atomic E-state index is 0.0488. The lowest BCUT2D eigenvalue weighted by atomic mass is 9.55. The van der Waals surface area contributed by atoms with E-state index in [2.05, 4.69) is 22.6 Å². The van der Waals surface area contributed by atoms with Gasteiger partial charge in [0, 0.05) is 11.8 Å². The molecule has 0 spiro atoms. The van der Waals surface area contributed by atoms with E-state index < -0.39 is 30.7 Å². The lowest BCUT2D eigenvalue weighted by Gasteiger charge is -2.48. The van der Waals surface area contributed by atoms with Crippen LogP contribution in [0, 0.1) is 17.3 Å². The summed E-state index contributed by atoms with van der Waals surface area (Å²) in [5.74, 6) is 2.85. The minimum Gasteiger partial charge on any atom is -0.388 e. The topological polar surface area (TPSA) is 137 Å². The summed E-state index contributed by atoms with van der Waals surface area (Å²) in [4.78, 5) is 16.7. The predicted octanol–water partition coefficient (Wildman–Crippen LogP) is 1.77. The van der Waals surface area contributed by atoms with E-state index in [-0.39, 0.29) is 5.41 Å². The Bertz CT molecular complexity index is 829. The molecule has 0 aromatic heterocycles. The first-order valence-electron chi connectivity index (χ1n) is 11.5. The van der Waals surface area contributed by atoms with Crippen LogP contribution in [0.25, 0.3) is 0 Å². The summed E-state index contributed by atoms with van der Waals surface area (Å²) >= 11 is 0. The molecule has 1 unspecified atom stereocenters. The molecule has 0 bridgehead atoms. The third-order valence-corrected chi connectivity index (χ3v) is 8.34. The van der Waals surface area contributed by atoms with Gasteiger partial charge in [0.1, 0.15) is 24.1 Å². The highest BCUT2D eigenvalue weighted by Crippen LogP contribution is 2.59. The summed E-state index contributed by atoms with van der Waals surface area (Å²) in [6.45, 7) is 3.71. The maximum atomic E-state index is 12.3. The second-order valence-corrected chi connectivity index (χ2v) is 9.99. The molecule has 1 saturated heterocycles. The fourth-order valence-corrected chi connectivity index (χ4v) is 6.42. The van der Waals surface area contributed by atoms with E-state index in [1.54, 1.807) is 0 Å². The van der Waals surface area contributed by atoms with Gasteiger partial charge in [0.05, 0.1) is 6.10 Å². The Balaban J connectivity index is 0.000000189. The fourth-order valence-electron chi connectivity index (χ4n) is 6.42. The van der Waals surface area contributed by atoms with Crippen LogP contribution in [0.4, 0.5) is 0 Å². The highest BCUT2D eigenvalue weighted by atomic mass is 17.1. The average molecular weight is 451 g/mol. The number of hydrogen-bond acceptors (Lipinski definition) is 8. The number of carbonyl (C=O) groups excluding carboxylic acids is 1. The Kier molecular flexibility index (Phi) is 6.64. The van der Waals surface area contributed by atoms with E-state index in [1.165, 1.54) is 24.5 Å². The highest BCUT2D eigenvalue weighted by Gasteiger charge is 2.54. The van der Waals surface area contributed by atoms with Gasteiger partial charge in [0.25, 0.3) is 0 Å². The third kappa shape index (κ3) is 3.97. The van der Waals surface area contributed by atoms with Gasteiger partial charge in [0.15, 0.2) is 12.0 Å². The van der Waals surface area contributed by atoms with Crippen LogP contribution in [0.15, 0.2) is 18.2 Å². The van der Waals surface area contributed by atoms with E-state index in [4.69, 9.17) is 25.7 Å². The Hall–Kier alpha value is -1.55. The summed E-state index contributed by atoms with van der Waals surface area (Å²) in [6.07, 6.45) is 0.243. The van der Waals surface area contributed by atoms with Crippen LogP contribution < -0.4 is 4.89 Å². The van der Waals surface area contributed by atoms with Crippen LogP contribution in [-0.4, -0.2) is 62.2 Å². The second-order valence-electron chi connectivity index (χ2n) is 9.99. The lowest BCUT2D eigenvalue weighted by molar-refractivity contribution is -0.277. The average Bonchev–Trinajstić information content (AvgIpc) is 3.10. The number of rotatable bonds is 1. The molecule has 5 N–H and O–H groups in total. The van der Waals surface area contributed by atoms with Crippen molar-refractivity contribution in [2.45, 2.75) is 89.0 Å². The molecule has 0 radical (unpaired) electrons. The van der Waals surface area contributed by atoms with Crippen LogP contribution in [-0.2, 0) is 16.0 Å². The number of ketones is 1. The van der Waals surface area contributed by atoms with Gasteiger partial charge in [-0.1, -0.05) is 13.0 Å². The first-order valence-corrected chi connectivity index (χ1v) is 11.5. The lowest BCUT2D eigenvalue weighted by Crippen LogP contribution is -2.56. The van der Waals surface area contributed by atoms with Gasteiger partial charge in [-0.3, -0.25) is 4.79 Å². The van der Waals surface area contributed by atoms with Crippen LogP contribution in [0.3, 0.4) is 0 Å². The maximum Gasteiger partial charge on any atom is 0.183 e. The van der Waals surface area contributed by atoms with Crippen LogP contribution in [0.5, 0.6) is 5.75 Å². The third-order valence-electron chi connectivity index (χ3n) is 8.34. The largest absolute Gasteiger partial charge is 0.388 e. The number of Topliss-reactive ketones (excluding diaryl/α,β-unsaturated/α-hetero) is 1. The van der Waals surface area contributed by atoms with Crippen molar-refractivity contribution in [2.75, 3.05) is 0 Å². The van der Waals surface area contributed by atoms with Crippen molar-refractivity contribution in [1.82, 2.24) is 0 Å². The number of aryl methyl sites for hydroxylation is 1. The van der Waals surface area contributed by atoms with Gasteiger partial charge in [-0.25, -0.2) is 5.26 Å². The van der Waals surface area contributed by atoms with Crippen molar-refractivity contribution in [3.05, 3.63) is 29.3 Å². The number of hydrogen-bond donors (Lipinski definition) is 5. The second kappa shape index (κ2) is 9.00. The molecule has 32 heavy (non-hydrogen) atoms. The van der Waals surface area contributed by atoms with Gasteiger partial charge in [-0.15, -0.1) is 0 Å². The van der Waals surface area contributed by atoms with E-state index in [0.717, 1.165) is 32.1 Å². The Morgan fingerprint density at radius 3 is 2.50 bits per heavy atom. The normalized spacial score (nSPS) is 42.8. The zero-order valence-electron chi connectivity index (χ0n) is 18.6. The summed E-state index contributed by atoms with van der Waals surface area (Å²) in [5, 5.41) is 44.8. The number of fused-ring (bicyclic) bond motifs is 5. The number of benzene rings is 1. The Morgan fingerprint density at radius 2 is 1.78 bits per heavy atom. The van der Waals surface area contributed by atoms with Gasteiger partial charge in [0.2, 0.25) is 0 Å². The van der Waals surface area contributed by atoms with Crippen molar-refractivity contribution < 1.29 is 40.1 Å². The molecule has 178 valence electrons. The molecule has 8 nitrogen and oxygen atoms in total. The van der Waals surface area contributed by atoms with Crippen LogP contribution in [0.1, 0.15) is 63.0 Å². The molecule has 1 aromatic carbocycles. The zero-order chi connectivity index (χ0) is 23.2. The molecule has 1 heterocycles. The highest BCUT2D eigenvalue weighted by molar-refractivity contribution is 5.87. The number of aliphatic hydroxyl groups is 4. The number of aliphatic hydroxyl groups excluding tert-OH is 4. The zero-order valence-corrected chi connectivity index (χ0v) is 18.6. The van der Waals surface area contributed by atoms with Gasteiger partial charge in [-0.2, -0.15) is 0 Å². The van der Waals surface area contributed by atoms with Gasteiger partial charge in [-0.05, 0) is 80.0 Å². The molecular formula is C24H34O8. The van der Waals surface area contributed by atoms with Crippen molar-refractivity contribution in [3.8, 4) is 5.75 Å². The summed E-state index contributed by atoms with van der Waals surface area (Å²) in [7, 11) is 0.